The van der Waals surface area contributed by atoms with Gasteiger partial charge in [0.05, 0.1) is 9.95 Å². The molecule has 1 aromatic heterocycles. The van der Waals surface area contributed by atoms with Gasteiger partial charge in [0.1, 0.15) is 0 Å². The van der Waals surface area contributed by atoms with Crippen molar-refractivity contribution in [1.29, 1.82) is 0 Å². The second-order valence-electron chi connectivity index (χ2n) is 7.81. The first kappa shape index (κ1) is 23.2. The van der Waals surface area contributed by atoms with Crippen LogP contribution in [-0.2, 0) is 4.79 Å². The average Bonchev–Trinajstić information content (AvgIpc) is 2.86. The number of Topliss-reactive ketones (excluding diaryl/α,β-unsaturated/α-hetero) is 1. The van der Waals surface area contributed by atoms with Crippen molar-refractivity contribution in [2.24, 2.45) is 0 Å². The van der Waals surface area contributed by atoms with E-state index in [2.05, 4.69) is 4.90 Å². The number of pyridine rings is 1. The number of nitro groups is 1. The van der Waals surface area contributed by atoms with Gasteiger partial charge >= 0.3 is 0 Å². The standard InChI is InChI=1S/C24H21ClN4O5/c25-18-9-10-21(30)28(16-18)22(23(31)17-5-4-8-20(15-17)29(33)34)24(32)27-13-11-26(12-14-27)19-6-2-1-3-7-19/h1-10,15-16,22H,11-14H2. The zero-order valence-corrected chi connectivity index (χ0v) is 18.8. The highest BCUT2D eigenvalue weighted by molar-refractivity contribution is 6.30. The average molecular weight is 481 g/mol. The van der Waals surface area contributed by atoms with Gasteiger partial charge in [-0.3, -0.25) is 29.1 Å². The summed E-state index contributed by atoms with van der Waals surface area (Å²) in [4.78, 5) is 53.9. The van der Waals surface area contributed by atoms with Crippen molar-refractivity contribution >= 4 is 34.7 Å². The summed E-state index contributed by atoms with van der Waals surface area (Å²) < 4.78 is 0.995. The van der Waals surface area contributed by atoms with Crippen molar-refractivity contribution < 1.29 is 14.5 Å². The Kier molecular flexibility index (Phi) is 6.74. The largest absolute Gasteiger partial charge is 0.368 e. The van der Waals surface area contributed by atoms with E-state index in [-0.39, 0.29) is 16.3 Å². The van der Waals surface area contributed by atoms with Gasteiger partial charge in [-0.05, 0) is 18.2 Å². The van der Waals surface area contributed by atoms with Crippen molar-refractivity contribution in [2.45, 2.75) is 6.04 Å². The van der Waals surface area contributed by atoms with Crippen LogP contribution in [0.1, 0.15) is 16.4 Å². The fraction of sp³-hybridized carbons (Fsp3) is 0.208. The second kappa shape index (κ2) is 9.88. The molecular formula is C24H21ClN4O5. The molecule has 1 saturated heterocycles. The smallest absolute Gasteiger partial charge is 0.270 e. The maximum atomic E-state index is 13.6. The van der Waals surface area contributed by atoms with Crippen molar-refractivity contribution in [1.82, 2.24) is 9.47 Å². The monoisotopic (exact) mass is 480 g/mol. The molecule has 0 bridgehead atoms. The molecule has 2 heterocycles. The zero-order chi connectivity index (χ0) is 24.2. The topological polar surface area (TPSA) is 106 Å². The highest BCUT2D eigenvalue weighted by Gasteiger charge is 2.35. The van der Waals surface area contributed by atoms with Gasteiger partial charge < -0.3 is 9.80 Å². The molecule has 174 valence electrons. The number of carbonyl (C=O) groups is 2. The molecule has 1 atom stereocenters. The van der Waals surface area contributed by atoms with Crippen LogP contribution in [0.3, 0.4) is 0 Å². The SMILES string of the molecule is O=C(c1cccc([N+](=O)[O-])c1)C(C(=O)N1CCN(c2ccccc2)CC1)n1cc(Cl)ccc1=O. The number of ketones is 1. The first-order valence-electron chi connectivity index (χ1n) is 10.6. The summed E-state index contributed by atoms with van der Waals surface area (Å²) in [6.45, 7) is 1.80. The van der Waals surface area contributed by atoms with Crippen LogP contribution in [0.25, 0.3) is 0 Å². The summed E-state index contributed by atoms with van der Waals surface area (Å²) in [6.07, 6.45) is 1.24. The van der Waals surface area contributed by atoms with E-state index >= 15 is 0 Å². The molecule has 1 fully saturated rings. The van der Waals surface area contributed by atoms with Crippen LogP contribution in [0.2, 0.25) is 5.02 Å². The van der Waals surface area contributed by atoms with Gasteiger partial charge in [0, 0.05) is 61.8 Å². The number of anilines is 1. The zero-order valence-electron chi connectivity index (χ0n) is 18.0. The lowest BCUT2D eigenvalue weighted by Crippen LogP contribution is -2.52. The molecule has 1 unspecified atom stereocenters. The Bertz CT molecular complexity index is 1290. The van der Waals surface area contributed by atoms with E-state index < -0.39 is 28.2 Å². The van der Waals surface area contributed by atoms with E-state index in [9.17, 15) is 24.5 Å². The molecule has 0 N–H and O–H groups in total. The normalized spacial score (nSPS) is 14.5. The summed E-state index contributed by atoms with van der Waals surface area (Å²) in [5, 5.41) is 11.4. The third-order valence-corrected chi connectivity index (χ3v) is 5.94. The predicted molar refractivity (Wildman–Crippen MR) is 127 cm³/mol. The van der Waals surface area contributed by atoms with Crippen molar-refractivity contribution in [3.8, 4) is 0 Å². The molecule has 2 aromatic carbocycles. The van der Waals surface area contributed by atoms with Crippen LogP contribution < -0.4 is 10.5 Å². The number of carbonyl (C=O) groups excluding carboxylic acids is 2. The number of piperazine rings is 1. The minimum absolute atomic E-state index is 0.0395. The number of rotatable bonds is 6. The highest BCUT2D eigenvalue weighted by atomic mass is 35.5. The van der Waals surface area contributed by atoms with Gasteiger partial charge in [-0.2, -0.15) is 0 Å². The van der Waals surface area contributed by atoms with E-state index in [4.69, 9.17) is 11.6 Å². The summed E-state index contributed by atoms with van der Waals surface area (Å²) in [6, 6.07) is 15.9. The van der Waals surface area contributed by atoms with Crippen molar-refractivity contribution in [2.75, 3.05) is 31.1 Å². The molecule has 34 heavy (non-hydrogen) atoms. The van der Waals surface area contributed by atoms with Crippen molar-refractivity contribution in [3.63, 3.8) is 0 Å². The molecule has 0 radical (unpaired) electrons. The molecule has 4 rings (SSSR count). The molecule has 10 heteroatoms. The first-order valence-corrected chi connectivity index (χ1v) is 11.0. The Morgan fingerprint density at radius 1 is 0.941 bits per heavy atom. The Balaban J connectivity index is 1.65. The molecule has 0 aliphatic carbocycles. The van der Waals surface area contributed by atoms with Gasteiger partial charge in [-0.25, -0.2) is 0 Å². The lowest BCUT2D eigenvalue weighted by Gasteiger charge is -2.37. The highest BCUT2D eigenvalue weighted by Crippen LogP contribution is 2.23. The Morgan fingerprint density at radius 2 is 1.65 bits per heavy atom. The number of benzene rings is 2. The number of nitro benzene ring substituents is 1. The second-order valence-corrected chi connectivity index (χ2v) is 8.25. The molecule has 9 nitrogen and oxygen atoms in total. The fourth-order valence-electron chi connectivity index (χ4n) is 3.96. The quantitative estimate of drug-likeness (QED) is 0.232. The van der Waals surface area contributed by atoms with Gasteiger partial charge in [-0.1, -0.05) is 41.9 Å². The van der Waals surface area contributed by atoms with E-state index in [1.807, 2.05) is 30.3 Å². The van der Waals surface area contributed by atoms with Gasteiger partial charge in [-0.15, -0.1) is 0 Å². The van der Waals surface area contributed by atoms with Gasteiger partial charge in [0.2, 0.25) is 0 Å². The maximum absolute atomic E-state index is 13.6. The van der Waals surface area contributed by atoms with E-state index in [1.54, 1.807) is 0 Å². The number of halogens is 1. The number of aromatic nitrogens is 1. The van der Waals surface area contributed by atoms with Crippen LogP contribution in [-0.4, -0.2) is 52.3 Å². The van der Waals surface area contributed by atoms with E-state index in [0.717, 1.165) is 16.3 Å². The predicted octanol–water partition coefficient (Wildman–Crippen LogP) is 3.18. The van der Waals surface area contributed by atoms with Crippen LogP contribution in [0.5, 0.6) is 0 Å². The minimum Gasteiger partial charge on any atom is -0.368 e. The summed E-state index contributed by atoms with van der Waals surface area (Å²) >= 11 is 6.06. The summed E-state index contributed by atoms with van der Waals surface area (Å²) in [7, 11) is 0. The van der Waals surface area contributed by atoms with Crippen LogP contribution in [0.15, 0.2) is 77.7 Å². The Hall–Kier alpha value is -3.98. The van der Waals surface area contributed by atoms with E-state index in [1.165, 1.54) is 41.4 Å². The Morgan fingerprint density at radius 3 is 2.32 bits per heavy atom. The molecule has 0 spiro atoms. The molecule has 1 amide bonds. The van der Waals surface area contributed by atoms with E-state index in [0.29, 0.717) is 26.2 Å². The first-order chi connectivity index (χ1) is 16.3. The molecule has 3 aromatic rings. The lowest BCUT2D eigenvalue weighted by molar-refractivity contribution is -0.384. The fourth-order valence-corrected chi connectivity index (χ4v) is 4.13. The molecule has 0 saturated carbocycles. The molecule has 1 aliphatic rings. The number of amides is 1. The number of para-hydroxylation sites is 1. The van der Waals surface area contributed by atoms with Crippen molar-refractivity contribution in [3.05, 3.63) is 104 Å². The third kappa shape index (κ3) is 4.84. The number of nitrogens with zero attached hydrogens (tertiary/aromatic N) is 4. The molecular weight excluding hydrogens is 460 g/mol. The number of hydrogen-bond donors (Lipinski definition) is 0. The molecule has 1 aliphatic heterocycles. The van der Waals surface area contributed by atoms with Crippen LogP contribution in [0.4, 0.5) is 11.4 Å². The Labute approximate surface area is 199 Å². The lowest BCUT2D eigenvalue weighted by atomic mass is 10.0. The third-order valence-electron chi connectivity index (χ3n) is 5.72. The summed E-state index contributed by atoms with van der Waals surface area (Å²) in [5.41, 5.74) is 0.128. The number of non-ortho nitro benzene ring substituents is 1. The van der Waals surface area contributed by atoms with Gasteiger partial charge in [0.15, 0.2) is 11.8 Å². The number of hydrogen-bond acceptors (Lipinski definition) is 6. The van der Waals surface area contributed by atoms with Crippen LogP contribution >= 0.6 is 11.6 Å². The maximum Gasteiger partial charge on any atom is 0.270 e. The van der Waals surface area contributed by atoms with Crippen LogP contribution in [0, 0.1) is 10.1 Å². The van der Waals surface area contributed by atoms with Gasteiger partial charge in [0.25, 0.3) is 17.2 Å². The summed E-state index contributed by atoms with van der Waals surface area (Å²) in [5.74, 6) is -1.28. The minimum atomic E-state index is -1.53.